The fourth-order valence-corrected chi connectivity index (χ4v) is 2.04. The molecule has 0 fully saturated rings. The zero-order chi connectivity index (χ0) is 12.6. The minimum atomic E-state index is -4.94. The fourth-order valence-electron chi connectivity index (χ4n) is 1.40. The quantitative estimate of drug-likeness (QED) is 0.425. The lowest BCUT2D eigenvalue weighted by molar-refractivity contribution is -0.388. The third-order valence-corrected chi connectivity index (χ3v) is 2.96. The highest BCUT2D eigenvalue weighted by Gasteiger charge is 2.25. The Kier molecular flexibility index (Phi) is 2.63. The Balaban J connectivity index is 2.69. The van der Waals surface area contributed by atoms with E-state index in [-0.39, 0.29) is 24.7 Å². The molecule has 0 aliphatic carbocycles. The first kappa shape index (κ1) is 11.6. The van der Waals surface area contributed by atoms with Crippen LogP contribution in [0.2, 0.25) is 0 Å². The van der Waals surface area contributed by atoms with Gasteiger partial charge in [0, 0.05) is 6.07 Å². The first-order valence-corrected chi connectivity index (χ1v) is 5.84. The van der Waals surface area contributed by atoms with Crippen molar-refractivity contribution in [2.45, 2.75) is 4.90 Å². The van der Waals surface area contributed by atoms with Crippen LogP contribution in [0.1, 0.15) is 0 Å². The summed E-state index contributed by atoms with van der Waals surface area (Å²) in [5.41, 5.74) is -0.816. The maximum absolute atomic E-state index is 10.9. The molecule has 1 aromatic carbocycles. The molecule has 92 valence electrons. The number of nitro benzene ring substituents is 1. The van der Waals surface area contributed by atoms with Crippen LogP contribution in [0.25, 0.3) is 0 Å². The number of benzene rings is 1. The van der Waals surface area contributed by atoms with Gasteiger partial charge in [-0.3, -0.25) is 10.1 Å². The maximum atomic E-state index is 10.9. The number of rotatable bonds is 2. The van der Waals surface area contributed by atoms with Gasteiger partial charge in [-0.2, -0.15) is 0 Å². The number of fused-ring (bicyclic) bond motifs is 1. The zero-order valence-corrected chi connectivity index (χ0v) is 9.10. The SMILES string of the molecule is O=[N+]([O-])c1cc2c(cc1S(=O)(=O)[O-])OCCO2. The molecule has 2 rings (SSSR count). The number of ether oxygens (including phenoxy) is 2. The molecule has 9 heteroatoms. The Hall–Kier alpha value is -1.87. The predicted molar refractivity (Wildman–Crippen MR) is 52.0 cm³/mol. The van der Waals surface area contributed by atoms with E-state index in [2.05, 4.69) is 0 Å². The summed E-state index contributed by atoms with van der Waals surface area (Å²) in [5.74, 6) is 0.0617. The zero-order valence-electron chi connectivity index (χ0n) is 8.28. The number of hydrogen-bond acceptors (Lipinski definition) is 7. The number of hydrogen-bond donors (Lipinski definition) is 0. The number of nitrogens with zero attached hydrogens (tertiary/aromatic N) is 1. The van der Waals surface area contributed by atoms with Gasteiger partial charge in [0.15, 0.2) is 11.5 Å². The lowest BCUT2D eigenvalue weighted by Crippen LogP contribution is -2.16. The van der Waals surface area contributed by atoms with Gasteiger partial charge in [0.1, 0.15) is 28.2 Å². The smallest absolute Gasteiger partial charge is 0.290 e. The molecule has 0 aromatic heterocycles. The second-order valence-electron chi connectivity index (χ2n) is 3.17. The molecule has 0 N–H and O–H groups in total. The van der Waals surface area contributed by atoms with Crippen LogP contribution in [0.3, 0.4) is 0 Å². The van der Waals surface area contributed by atoms with Crippen LogP contribution in [-0.2, 0) is 10.1 Å². The molecule has 1 aromatic rings. The minimum absolute atomic E-state index is 0.0104. The molecule has 0 radical (unpaired) electrons. The van der Waals surface area contributed by atoms with Crippen molar-refractivity contribution in [3.8, 4) is 11.5 Å². The van der Waals surface area contributed by atoms with E-state index in [4.69, 9.17) is 9.47 Å². The first-order chi connectivity index (χ1) is 7.89. The second kappa shape index (κ2) is 3.86. The molecule has 0 unspecified atom stereocenters. The Morgan fingerprint density at radius 1 is 1.18 bits per heavy atom. The largest absolute Gasteiger partial charge is 0.744 e. The van der Waals surface area contributed by atoms with Gasteiger partial charge in [-0.05, 0) is 0 Å². The molecule has 17 heavy (non-hydrogen) atoms. The predicted octanol–water partition coefficient (Wildman–Crippen LogP) is 0.270. The minimum Gasteiger partial charge on any atom is -0.744 e. The van der Waals surface area contributed by atoms with Crippen molar-refractivity contribution in [1.29, 1.82) is 0 Å². The second-order valence-corrected chi connectivity index (χ2v) is 4.52. The molecule has 1 aliphatic rings. The van der Waals surface area contributed by atoms with Crippen LogP contribution in [0.15, 0.2) is 17.0 Å². The standard InChI is InChI=1S/C8H7NO7S/c10-9(11)5-3-6-7(16-2-1-15-6)4-8(5)17(12,13)14/h3-4H,1-2H2,(H,12,13,14)/p-1. The van der Waals surface area contributed by atoms with Gasteiger partial charge < -0.3 is 14.0 Å². The monoisotopic (exact) mass is 260 g/mol. The Morgan fingerprint density at radius 3 is 2.18 bits per heavy atom. The highest BCUT2D eigenvalue weighted by atomic mass is 32.2. The van der Waals surface area contributed by atoms with Crippen LogP contribution < -0.4 is 9.47 Å². The van der Waals surface area contributed by atoms with Crippen molar-refractivity contribution in [2.75, 3.05) is 13.2 Å². The third kappa shape index (κ3) is 2.15. The van der Waals surface area contributed by atoms with Crippen LogP contribution in [-0.4, -0.2) is 31.1 Å². The summed E-state index contributed by atoms with van der Waals surface area (Å²) < 4.78 is 42.8. The van der Waals surface area contributed by atoms with Crippen LogP contribution in [0.5, 0.6) is 11.5 Å². The lowest BCUT2D eigenvalue weighted by atomic mass is 10.2. The van der Waals surface area contributed by atoms with E-state index >= 15 is 0 Å². The van der Waals surface area contributed by atoms with Gasteiger partial charge in [-0.1, -0.05) is 0 Å². The molecular weight excluding hydrogens is 254 g/mol. The maximum Gasteiger partial charge on any atom is 0.290 e. The third-order valence-electron chi connectivity index (χ3n) is 2.09. The highest BCUT2D eigenvalue weighted by molar-refractivity contribution is 7.85. The van der Waals surface area contributed by atoms with E-state index in [9.17, 15) is 23.1 Å². The van der Waals surface area contributed by atoms with E-state index in [0.29, 0.717) is 0 Å². The van der Waals surface area contributed by atoms with E-state index < -0.39 is 25.6 Å². The molecule has 0 atom stereocenters. The number of nitro groups is 1. The van der Waals surface area contributed by atoms with E-state index in [1.165, 1.54) is 0 Å². The molecule has 1 aliphatic heterocycles. The molecule has 0 amide bonds. The van der Waals surface area contributed by atoms with Crippen LogP contribution in [0.4, 0.5) is 5.69 Å². The highest BCUT2D eigenvalue weighted by Crippen LogP contribution is 2.38. The Labute approximate surface area is 95.7 Å². The summed E-state index contributed by atoms with van der Waals surface area (Å²) >= 11 is 0. The summed E-state index contributed by atoms with van der Waals surface area (Å²) in [5, 5.41) is 10.7. The Morgan fingerprint density at radius 2 is 1.71 bits per heavy atom. The van der Waals surface area contributed by atoms with Crippen molar-refractivity contribution >= 4 is 15.8 Å². The van der Waals surface area contributed by atoms with Gasteiger partial charge in [-0.25, -0.2) is 8.42 Å². The van der Waals surface area contributed by atoms with Crippen molar-refractivity contribution in [3.63, 3.8) is 0 Å². The Bertz CT molecular complexity index is 580. The average Bonchev–Trinajstić information content (AvgIpc) is 2.26. The summed E-state index contributed by atoms with van der Waals surface area (Å²) in [7, 11) is -4.94. The first-order valence-electron chi connectivity index (χ1n) is 4.43. The van der Waals surface area contributed by atoms with Gasteiger partial charge in [0.05, 0.1) is 11.0 Å². The molecule has 8 nitrogen and oxygen atoms in total. The van der Waals surface area contributed by atoms with Crippen molar-refractivity contribution in [2.24, 2.45) is 0 Å². The van der Waals surface area contributed by atoms with Gasteiger partial charge in [-0.15, -0.1) is 0 Å². The van der Waals surface area contributed by atoms with E-state index in [1.807, 2.05) is 0 Å². The molecule has 0 bridgehead atoms. The van der Waals surface area contributed by atoms with Crippen LogP contribution in [0, 0.1) is 10.1 Å². The molecule has 0 spiro atoms. The van der Waals surface area contributed by atoms with Crippen molar-refractivity contribution < 1.29 is 27.4 Å². The van der Waals surface area contributed by atoms with E-state index in [1.54, 1.807) is 0 Å². The topological polar surface area (TPSA) is 119 Å². The summed E-state index contributed by atoms with van der Waals surface area (Å²) in [4.78, 5) is 8.78. The molecule has 0 saturated carbocycles. The van der Waals surface area contributed by atoms with E-state index in [0.717, 1.165) is 12.1 Å². The normalized spacial score (nSPS) is 14.4. The lowest BCUT2D eigenvalue weighted by Gasteiger charge is -2.19. The van der Waals surface area contributed by atoms with Crippen molar-refractivity contribution in [1.82, 2.24) is 0 Å². The van der Waals surface area contributed by atoms with Gasteiger partial charge in [0.25, 0.3) is 5.69 Å². The van der Waals surface area contributed by atoms with Crippen LogP contribution >= 0.6 is 0 Å². The summed E-state index contributed by atoms with van der Waals surface area (Å²) in [6.45, 7) is 0.386. The fraction of sp³-hybridized carbons (Fsp3) is 0.250. The molecule has 1 heterocycles. The van der Waals surface area contributed by atoms with Gasteiger partial charge >= 0.3 is 0 Å². The summed E-state index contributed by atoms with van der Waals surface area (Å²) in [6, 6.07) is 1.69. The molecular formula is C8H6NO7S-. The van der Waals surface area contributed by atoms with Gasteiger partial charge in [0.2, 0.25) is 0 Å². The summed E-state index contributed by atoms with van der Waals surface area (Å²) in [6.07, 6.45) is 0. The molecule has 0 saturated heterocycles. The average molecular weight is 260 g/mol. The van der Waals surface area contributed by atoms with Crippen molar-refractivity contribution in [3.05, 3.63) is 22.2 Å².